The normalized spacial score (nSPS) is 10.5. The Morgan fingerprint density at radius 1 is 1.10 bits per heavy atom. The van der Waals surface area contributed by atoms with Gasteiger partial charge in [-0.3, -0.25) is 4.79 Å². The molecule has 6 heteroatoms. The Morgan fingerprint density at radius 3 is 2.38 bits per heavy atom. The Morgan fingerprint density at radius 2 is 1.76 bits per heavy atom. The van der Waals surface area contributed by atoms with Crippen LogP contribution in [0.4, 0.5) is 24.5 Å². The van der Waals surface area contributed by atoms with Crippen molar-refractivity contribution in [3.05, 3.63) is 59.4 Å². The van der Waals surface area contributed by atoms with E-state index in [2.05, 4.69) is 0 Å². The van der Waals surface area contributed by atoms with E-state index in [9.17, 15) is 18.0 Å². The van der Waals surface area contributed by atoms with Gasteiger partial charge in [0, 0.05) is 6.54 Å². The van der Waals surface area contributed by atoms with Crippen LogP contribution >= 0.6 is 0 Å². The third-order valence-electron chi connectivity index (χ3n) is 3.04. The van der Waals surface area contributed by atoms with E-state index >= 15 is 0 Å². The number of carbonyl (C=O) groups excluding carboxylic acids is 1. The first-order chi connectivity index (χ1) is 9.97. The van der Waals surface area contributed by atoms with Crippen molar-refractivity contribution in [2.75, 3.05) is 17.2 Å². The second-order valence-corrected chi connectivity index (χ2v) is 4.33. The lowest BCUT2D eigenvalue weighted by atomic mass is 10.1. The molecule has 21 heavy (non-hydrogen) atoms. The Labute approximate surface area is 119 Å². The average molecular weight is 294 g/mol. The van der Waals surface area contributed by atoms with E-state index in [1.807, 2.05) is 0 Å². The highest BCUT2D eigenvalue weighted by Gasteiger charge is 2.26. The molecule has 0 atom stereocenters. The monoisotopic (exact) mass is 294 g/mol. The van der Waals surface area contributed by atoms with E-state index in [0.717, 1.165) is 23.1 Å². The molecule has 0 fully saturated rings. The Balaban J connectivity index is 2.52. The number of nitrogens with zero attached hydrogens (tertiary/aromatic N) is 1. The van der Waals surface area contributed by atoms with E-state index in [4.69, 9.17) is 5.73 Å². The number of nitrogens with two attached hydrogens (primary N) is 1. The van der Waals surface area contributed by atoms with Gasteiger partial charge in [0.2, 0.25) is 0 Å². The standard InChI is InChI=1S/C15H13F3N2O/c1-2-20(12-6-4-3-5-9(12)16)15(21)13-10(17)7-8-11(19)14(13)18/h3-8H,2,19H2,1H3. The summed E-state index contributed by atoms with van der Waals surface area (Å²) in [5.74, 6) is -3.82. The van der Waals surface area contributed by atoms with Gasteiger partial charge < -0.3 is 10.6 Å². The van der Waals surface area contributed by atoms with Crippen LogP contribution in [0.3, 0.4) is 0 Å². The van der Waals surface area contributed by atoms with Crippen LogP contribution in [0.2, 0.25) is 0 Å². The van der Waals surface area contributed by atoms with Gasteiger partial charge in [-0.1, -0.05) is 12.1 Å². The van der Waals surface area contributed by atoms with Gasteiger partial charge in [0.25, 0.3) is 5.91 Å². The van der Waals surface area contributed by atoms with Crippen LogP contribution in [0, 0.1) is 17.5 Å². The summed E-state index contributed by atoms with van der Waals surface area (Å²) < 4.78 is 41.5. The van der Waals surface area contributed by atoms with E-state index < -0.39 is 28.9 Å². The maximum Gasteiger partial charge on any atom is 0.264 e. The fourth-order valence-electron chi connectivity index (χ4n) is 1.99. The average Bonchev–Trinajstić information content (AvgIpc) is 2.46. The quantitative estimate of drug-likeness (QED) is 0.882. The van der Waals surface area contributed by atoms with Gasteiger partial charge in [-0.15, -0.1) is 0 Å². The van der Waals surface area contributed by atoms with Gasteiger partial charge in [-0.05, 0) is 31.2 Å². The number of nitrogen functional groups attached to an aromatic ring is 1. The first-order valence-corrected chi connectivity index (χ1v) is 6.27. The molecule has 2 aromatic rings. The lowest BCUT2D eigenvalue weighted by Gasteiger charge is -2.22. The highest BCUT2D eigenvalue weighted by atomic mass is 19.1. The summed E-state index contributed by atoms with van der Waals surface area (Å²) in [5, 5.41) is 0. The molecule has 0 aliphatic rings. The SMILES string of the molecule is CCN(C(=O)c1c(F)ccc(N)c1F)c1ccccc1F. The second-order valence-electron chi connectivity index (χ2n) is 4.33. The molecule has 0 saturated carbocycles. The van der Waals surface area contributed by atoms with Crippen molar-refractivity contribution in [2.24, 2.45) is 0 Å². The number of halogens is 3. The van der Waals surface area contributed by atoms with E-state index in [1.165, 1.54) is 18.2 Å². The van der Waals surface area contributed by atoms with Gasteiger partial charge in [0.05, 0.1) is 11.4 Å². The van der Waals surface area contributed by atoms with Crippen molar-refractivity contribution in [3.8, 4) is 0 Å². The van der Waals surface area contributed by atoms with Crippen LogP contribution in [-0.2, 0) is 0 Å². The largest absolute Gasteiger partial charge is 0.396 e. The van der Waals surface area contributed by atoms with Crippen LogP contribution < -0.4 is 10.6 Å². The predicted molar refractivity (Wildman–Crippen MR) is 74.5 cm³/mol. The van der Waals surface area contributed by atoms with Crippen molar-refractivity contribution >= 4 is 17.3 Å². The summed E-state index contributed by atoms with van der Waals surface area (Å²) in [6.45, 7) is 1.62. The van der Waals surface area contributed by atoms with Crippen molar-refractivity contribution in [3.63, 3.8) is 0 Å². The maximum absolute atomic E-state index is 13.9. The molecule has 0 unspecified atom stereocenters. The molecule has 0 aliphatic heterocycles. The van der Waals surface area contributed by atoms with Gasteiger partial charge in [-0.2, -0.15) is 0 Å². The van der Waals surface area contributed by atoms with Crippen LogP contribution in [0.5, 0.6) is 0 Å². The van der Waals surface area contributed by atoms with Crippen LogP contribution in [0.15, 0.2) is 36.4 Å². The Bertz CT molecular complexity index is 689. The van der Waals surface area contributed by atoms with Gasteiger partial charge in [-0.25, -0.2) is 13.2 Å². The summed E-state index contributed by atoms with van der Waals surface area (Å²) >= 11 is 0. The van der Waals surface area contributed by atoms with Gasteiger partial charge in [0.15, 0.2) is 5.82 Å². The maximum atomic E-state index is 13.9. The number of hydrogen-bond acceptors (Lipinski definition) is 2. The van der Waals surface area contributed by atoms with E-state index in [0.29, 0.717) is 0 Å². The summed E-state index contributed by atoms with van der Waals surface area (Å²) in [6.07, 6.45) is 0. The smallest absolute Gasteiger partial charge is 0.264 e. The van der Waals surface area contributed by atoms with E-state index in [-0.39, 0.29) is 17.9 Å². The van der Waals surface area contributed by atoms with Crippen molar-refractivity contribution in [2.45, 2.75) is 6.92 Å². The van der Waals surface area contributed by atoms with Gasteiger partial charge >= 0.3 is 0 Å². The number of carbonyl (C=O) groups is 1. The molecule has 0 spiro atoms. The molecule has 0 heterocycles. The predicted octanol–water partition coefficient (Wildman–Crippen LogP) is 3.35. The number of amides is 1. The first-order valence-electron chi connectivity index (χ1n) is 6.27. The molecular weight excluding hydrogens is 281 g/mol. The fourth-order valence-corrected chi connectivity index (χ4v) is 1.99. The van der Waals surface area contributed by atoms with Crippen LogP contribution in [0.25, 0.3) is 0 Å². The highest BCUT2D eigenvalue weighted by Crippen LogP contribution is 2.25. The zero-order valence-corrected chi connectivity index (χ0v) is 11.2. The Kier molecular flexibility index (Phi) is 4.16. The lowest BCUT2D eigenvalue weighted by Crippen LogP contribution is -2.33. The third-order valence-corrected chi connectivity index (χ3v) is 3.04. The van der Waals surface area contributed by atoms with Gasteiger partial charge in [0.1, 0.15) is 17.2 Å². The zero-order valence-electron chi connectivity index (χ0n) is 11.2. The minimum absolute atomic E-state index is 0.0491. The fraction of sp³-hybridized carbons (Fsp3) is 0.133. The number of hydrogen-bond donors (Lipinski definition) is 1. The Hall–Kier alpha value is -2.50. The molecule has 2 N–H and O–H groups in total. The molecule has 2 aromatic carbocycles. The minimum Gasteiger partial charge on any atom is -0.396 e. The molecule has 0 aromatic heterocycles. The van der Waals surface area contributed by atoms with E-state index in [1.54, 1.807) is 6.92 Å². The third kappa shape index (κ3) is 2.69. The molecule has 0 saturated heterocycles. The molecule has 0 bridgehead atoms. The molecule has 2 rings (SSSR count). The molecule has 110 valence electrons. The molecule has 3 nitrogen and oxygen atoms in total. The van der Waals surface area contributed by atoms with Crippen molar-refractivity contribution in [1.82, 2.24) is 0 Å². The topological polar surface area (TPSA) is 46.3 Å². The summed E-state index contributed by atoms with van der Waals surface area (Å²) in [4.78, 5) is 13.3. The molecule has 0 radical (unpaired) electrons. The van der Waals surface area contributed by atoms with Crippen molar-refractivity contribution < 1.29 is 18.0 Å². The molecule has 0 aliphatic carbocycles. The van der Waals surface area contributed by atoms with Crippen LogP contribution in [0.1, 0.15) is 17.3 Å². The number of para-hydroxylation sites is 1. The number of rotatable bonds is 3. The molecule has 1 amide bonds. The lowest BCUT2D eigenvalue weighted by molar-refractivity contribution is 0.0979. The molecular formula is C15H13F3N2O. The summed E-state index contributed by atoms with van der Waals surface area (Å²) in [6, 6.07) is 7.44. The van der Waals surface area contributed by atoms with Crippen molar-refractivity contribution in [1.29, 1.82) is 0 Å². The minimum atomic E-state index is -1.14. The first kappa shape index (κ1) is 14.9. The zero-order chi connectivity index (χ0) is 15.6. The number of anilines is 2. The number of benzene rings is 2. The van der Waals surface area contributed by atoms with Crippen LogP contribution in [-0.4, -0.2) is 12.5 Å². The second kappa shape index (κ2) is 5.87. The summed E-state index contributed by atoms with van der Waals surface area (Å²) in [5.41, 5.74) is 4.17. The highest BCUT2D eigenvalue weighted by molar-refractivity contribution is 6.07. The summed E-state index contributed by atoms with van der Waals surface area (Å²) in [7, 11) is 0.